The van der Waals surface area contributed by atoms with E-state index < -0.39 is 0 Å². The van der Waals surface area contributed by atoms with Crippen LogP contribution in [0.1, 0.15) is 17.3 Å². The van der Waals surface area contributed by atoms with E-state index in [4.69, 9.17) is 6.42 Å². The number of nitrogens with one attached hydrogen (secondary N) is 1. The van der Waals surface area contributed by atoms with Crippen LogP contribution in [0, 0.1) is 19.3 Å². The Balaban J connectivity index is 2.63. The quantitative estimate of drug-likeness (QED) is 0.770. The lowest BCUT2D eigenvalue weighted by molar-refractivity contribution is 0.716. The topological polar surface area (TPSA) is 24.9 Å². The van der Waals surface area contributed by atoms with Gasteiger partial charge in [-0.2, -0.15) is 0 Å². The molecule has 2 heteroatoms. The van der Waals surface area contributed by atoms with Gasteiger partial charge in [-0.1, -0.05) is 24.1 Å². The predicted octanol–water partition coefficient (Wildman–Crippen LogP) is 2.44. The van der Waals surface area contributed by atoms with E-state index in [2.05, 4.69) is 29.2 Å². The van der Waals surface area contributed by atoms with Crippen molar-refractivity contribution in [3.8, 4) is 12.3 Å². The molecule has 1 heterocycles. The van der Waals surface area contributed by atoms with Crippen molar-refractivity contribution in [2.45, 2.75) is 13.0 Å². The highest BCUT2D eigenvalue weighted by molar-refractivity contribution is 5.82. The molecule has 1 N–H and O–H groups in total. The zero-order chi connectivity index (χ0) is 11.5. The first-order chi connectivity index (χ1) is 7.76. The van der Waals surface area contributed by atoms with E-state index in [-0.39, 0.29) is 6.04 Å². The van der Waals surface area contributed by atoms with E-state index in [1.165, 1.54) is 10.9 Å². The molecule has 0 aliphatic carbocycles. The molecule has 0 saturated carbocycles. The Labute approximate surface area is 95.7 Å². The highest BCUT2D eigenvalue weighted by Gasteiger charge is 2.09. The van der Waals surface area contributed by atoms with Crippen LogP contribution in [0.5, 0.6) is 0 Å². The fourth-order valence-electron chi connectivity index (χ4n) is 1.84. The van der Waals surface area contributed by atoms with Crippen molar-refractivity contribution in [1.82, 2.24) is 10.3 Å². The van der Waals surface area contributed by atoms with Gasteiger partial charge in [-0.05, 0) is 31.7 Å². The molecule has 0 aliphatic heterocycles. The van der Waals surface area contributed by atoms with Crippen LogP contribution in [0.4, 0.5) is 0 Å². The number of benzene rings is 1. The summed E-state index contributed by atoms with van der Waals surface area (Å²) in [5, 5.41) is 4.24. The second-order valence-corrected chi connectivity index (χ2v) is 3.77. The molecule has 0 aliphatic rings. The van der Waals surface area contributed by atoms with E-state index in [0.29, 0.717) is 0 Å². The highest BCUT2D eigenvalue weighted by atomic mass is 14.9. The van der Waals surface area contributed by atoms with Gasteiger partial charge in [0.1, 0.15) is 6.04 Å². The smallest absolute Gasteiger partial charge is 0.111 e. The third kappa shape index (κ3) is 1.78. The zero-order valence-corrected chi connectivity index (χ0v) is 9.49. The number of para-hydroxylation sites is 1. The molecule has 0 amide bonds. The summed E-state index contributed by atoms with van der Waals surface area (Å²) < 4.78 is 0. The Morgan fingerprint density at radius 3 is 2.81 bits per heavy atom. The Hall–Kier alpha value is -1.85. The van der Waals surface area contributed by atoms with Gasteiger partial charge < -0.3 is 5.32 Å². The minimum atomic E-state index is -0.122. The van der Waals surface area contributed by atoms with Crippen molar-refractivity contribution >= 4 is 10.9 Å². The number of aromatic nitrogens is 1. The van der Waals surface area contributed by atoms with Gasteiger partial charge in [0.05, 0.1) is 11.2 Å². The van der Waals surface area contributed by atoms with Crippen molar-refractivity contribution < 1.29 is 0 Å². The van der Waals surface area contributed by atoms with Gasteiger partial charge in [0, 0.05) is 5.39 Å². The fourth-order valence-corrected chi connectivity index (χ4v) is 1.84. The molecule has 2 aromatic rings. The summed E-state index contributed by atoms with van der Waals surface area (Å²) in [6, 6.07) is 10.0. The minimum Gasteiger partial charge on any atom is -0.302 e. The average molecular weight is 210 g/mol. The Bertz CT molecular complexity index is 552. The third-order valence-corrected chi connectivity index (χ3v) is 2.69. The molecule has 0 saturated heterocycles. The van der Waals surface area contributed by atoms with Crippen LogP contribution >= 0.6 is 0 Å². The lowest BCUT2D eigenvalue weighted by Crippen LogP contribution is -2.15. The zero-order valence-electron chi connectivity index (χ0n) is 9.49. The van der Waals surface area contributed by atoms with Crippen molar-refractivity contribution in [2.75, 3.05) is 7.05 Å². The first kappa shape index (κ1) is 10.7. The van der Waals surface area contributed by atoms with Crippen molar-refractivity contribution in [1.29, 1.82) is 0 Å². The molecule has 1 aromatic carbocycles. The molecular weight excluding hydrogens is 196 g/mol. The lowest BCUT2D eigenvalue weighted by atomic mass is 10.1. The van der Waals surface area contributed by atoms with Gasteiger partial charge in [-0.15, -0.1) is 6.42 Å². The number of nitrogens with zero attached hydrogens (tertiary/aromatic N) is 1. The van der Waals surface area contributed by atoms with E-state index in [1.807, 2.05) is 31.3 Å². The molecule has 80 valence electrons. The van der Waals surface area contributed by atoms with E-state index in [9.17, 15) is 0 Å². The van der Waals surface area contributed by atoms with Crippen LogP contribution in [0.3, 0.4) is 0 Å². The number of pyridine rings is 1. The van der Waals surface area contributed by atoms with E-state index in [1.54, 1.807) is 0 Å². The maximum atomic E-state index is 5.46. The molecule has 16 heavy (non-hydrogen) atoms. The summed E-state index contributed by atoms with van der Waals surface area (Å²) in [5.74, 6) is 2.69. The summed E-state index contributed by atoms with van der Waals surface area (Å²) >= 11 is 0. The number of aryl methyl sites for hydroxylation is 1. The van der Waals surface area contributed by atoms with Gasteiger partial charge >= 0.3 is 0 Å². The Morgan fingerprint density at radius 1 is 1.38 bits per heavy atom. The van der Waals surface area contributed by atoms with Crippen LogP contribution in [-0.4, -0.2) is 12.0 Å². The summed E-state index contributed by atoms with van der Waals surface area (Å²) in [6.45, 7) is 2.08. The van der Waals surface area contributed by atoms with Crippen LogP contribution in [-0.2, 0) is 0 Å². The Kier molecular flexibility index (Phi) is 2.89. The summed E-state index contributed by atoms with van der Waals surface area (Å²) in [7, 11) is 1.84. The maximum Gasteiger partial charge on any atom is 0.111 e. The van der Waals surface area contributed by atoms with Crippen molar-refractivity contribution in [3.63, 3.8) is 0 Å². The average Bonchev–Trinajstić information content (AvgIpc) is 2.31. The highest BCUT2D eigenvalue weighted by Crippen LogP contribution is 2.20. The Morgan fingerprint density at radius 2 is 2.12 bits per heavy atom. The molecule has 0 radical (unpaired) electrons. The second-order valence-electron chi connectivity index (χ2n) is 3.77. The number of hydrogen-bond acceptors (Lipinski definition) is 2. The number of rotatable bonds is 2. The lowest BCUT2D eigenvalue weighted by Gasteiger charge is -2.11. The van der Waals surface area contributed by atoms with Crippen molar-refractivity contribution in [3.05, 3.63) is 41.6 Å². The first-order valence-corrected chi connectivity index (χ1v) is 5.26. The summed E-state index contributed by atoms with van der Waals surface area (Å²) in [4.78, 5) is 4.57. The minimum absolute atomic E-state index is 0.122. The molecular formula is C14H14N2. The summed E-state index contributed by atoms with van der Waals surface area (Å²) in [6.07, 6.45) is 5.46. The molecule has 0 fully saturated rings. The molecule has 0 spiro atoms. The summed E-state index contributed by atoms with van der Waals surface area (Å²) in [5.41, 5.74) is 3.10. The van der Waals surface area contributed by atoms with E-state index in [0.717, 1.165) is 11.2 Å². The molecule has 1 atom stereocenters. The standard InChI is InChI=1S/C14H14N2/c1-4-12(15-3)14-9-10(2)11-7-5-6-8-13(11)16-14/h1,5-9,12,15H,2-3H3. The van der Waals surface area contributed by atoms with Crippen molar-refractivity contribution in [2.24, 2.45) is 0 Å². The normalized spacial score (nSPS) is 12.3. The van der Waals surface area contributed by atoms with Gasteiger partial charge in [-0.3, -0.25) is 4.98 Å². The van der Waals surface area contributed by atoms with Crippen LogP contribution in [0.15, 0.2) is 30.3 Å². The van der Waals surface area contributed by atoms with Gasteiger partial charge in [-0.25, -0.2) is 0 Å². The fraction of sp³-hybridized carbons (Fsp3) is 0.214. The SMILES string of the molecule is C#CC(NC)c1cc(C)c2ccccc2n1. The monoisotopic (exact) mass is 210 g/mol. The number of terminal acetylenes is 1. The van der Waals surface area contributed by atoms with Crippen LogP contribution < -0.4 is 5.32 Å². The first-order valence-electron chi connectivity index (χ1n) is 5.26. The number of fused-ring (bicyclic) bond motifs is 1. The maximum absolute atomic E-state index is 5.46. The largest absolute Gasteiger partial charge is 0.302 e. The van der Waals surface area contributed by atoms with Crippen LogP contribution in [0.25, 0.3) is 10.9 Å². The molecule has 2 rings (SSSR count). The molecule has 0 bridgehead atoms. The van der Waals surface area contributed by atoms with Gasteiger partial charge in [0.15, 0.2) is 0 Å². The molecule has 1 unspecified atom stereocenters. The predicted molar refractivity (Wildman–Crippen MR) is 67.1 cm³/mol. The van der Waals surface area contributed by atoms with Gasteiger partial charge in [0.2, 0.25) is 0 Å². The molecule has 1 aromatic heterocycles. The van der Waals surface area contributed by atoms with E-state index >= 15 is 0 Å². The number of hydrogen-bond donors (Lipinski definition) is 1. The van der Waals surface area contributed by atoms with Gasteiger partial charge in [0.25, 0.3) is 0 Å². The van der Waals surface area contributed by atoms with Crippen LogP contribution in [0.2, 0.25) is 0 Å². The second kappa shape index (κ2) is 4.34. The third-order valence-electron chi connectivity index (χ3n) is 2.69. The molecule has 2 nitrogen and oxygen atoms in total.